The highest BCUT2D eigenvalue weighted by atomic mass is 35.5. The van der Waals surface area contributed by atoms with Gasteiger partial charge in [0, 0.05) is 5.02 Å². The van der Waals surface area contributed by atoms with Crippen LogP contribution in [0.5, 0.6) is 0 Å². The van der Waals surface area contributed by atoms with Crippen molar-refractivity contribution in [3.63, 3.8) is 0 Å². The Bertz CT molecular complexity index is 599. The van der Waals surface area contributed by atoms with Gasteiger partial charge >= 0.3 is 0 Å². The third-order valence-corrected chi connectivity index (χ3v) is 3.01. The maximum Gasteiger partial charge on any atom is 0.253 e. The largest absolute Gasteiger partial charge is 0.346 e. The summed E-state index contributed by atoms with van der Waals surface area (Å²) < 4.78 is 0. The van der Waals surface area contributed by atoms with Crippen molar-refractivity contribution >= 4 is 29.1 Å². The Labute approximate surface area is 120 Å². The number of carbonyl (C=O) groups is 1. The Morgan fingerprint density at radius 1 is 1.21 bits per heavy atom. The van der Waals surface area contributed by atoms with E-state index >= 15 is 0 Å². The molecule has 4 nitrogen and oxygen atoms in total. The zero-order chi connectivity index (χ0) is 13.8. The summed E-state index contributed by atoms with van der Waals surface area (Å²) >= 11 is 11.7. The molecule has 0 radical (unpaired) electrons. The fourth-order valence-electron chi connectivity index (χ4n) is 1.46. The van der Waals surface area contributed by atoms with E-state index in [-0.39, 0.29) is 5.91 Å². The molecule has 0 atom stereocenters. The van der Waals surface area contributed by atoms with Gasteiger partial charge in [0.2, 0.25) is 0 Å². The molecule has 0 aliphatic heterocycles. The summed E-state index contributed by atoms with van der Waals surface area (Å²) in [6.45, 7) is 2.15. The van der Waals surface area contributed by atoms with Gasteiger partial charge in [0.1, 0.15) is 0 Å². The minimum absolute atomic E-state index is 0.274. The summed E-state index contributed by atoms with van der Waals surface area (Å²) in [4.78, 5) is 11.9. The summed E-state index contributed by atoms with van der Waals surface area (Å²) in [7, 11) is 0. The van der Waals surface area contributed by atoms with Crippen LogP contribution in [-0.2, 0) is 6.54 Å². The number of hydrogen-bond acceptors (Lipinski definition) is 3. The van der Waals surface area contributed by atoms with Crippen LogP contribution in [0.4, 0.5) is 0 Å². The van der Waals surface area contributed by atoms with Gasteiger partial charge in [-0.2, -0.15) is 10.2 Å². The van der Waals surface area contributed by atoms with E-state index in [0.717, 1.165) is 5.69 Å². The number of rotatable bonds is 3. The molecule has 0 aliphatic rings. The Hall–Kier alpha value is -1.65. The van der Waals surface area contributed by atoms with Crippen LogP contribution in [0.1, 0.15) is 21.7 Å². The van der Waals surface area contributed by atoms with E-state index in [4.69, 9.17) is 23.2 Å². The predicted molar refractivity (Wildman–Crippen MR) is 74.4 cm³/mol. The molecule has 19 heavy (non-hydrogen) atoms. The van der Waals surface area contributed by atoms with Crippen molar-refractivity contribution < 1.29 is 4.79 Å². The van der Waals surface area contributed by atoms with Crippen LogP contribution in [-0.4, -0.2) is 16.1 Å². The fourth-order valence-corrected chi connectivity index (χ4v) is 1.95. The molecular formula is C13H11Cl2N3O. The van der Waals surface area contributed by atoms with Gasteiger partial charge in [-0.15, -0.1) is 0 Å². The molecule has 0 spiro atoms. The predicted octanol–water partition coefficient (Wildman–Crippen LogP) is 3.02. The zero-order valence-electron chi connectivity index (χ0n) is 10.2. The molecule has 1 aromatic carbocycles. The van der Waals surface area contributed by atoms with E-state index < -0.39 is 0 Å². The van der Waals surface area contributed by atoms with Crippen molar-refractivity contribution in [2.75, 3.05) is 0 Å². The second kappa shape index (κ2) is 5.99. The summed E-state index contributed by atoms with van der Waals surface area (Å²) in [6, 6.07) is 8.38. The van der Waals surface area contributed by atoms with E-state index in [1.165, 1.54) is 6.07 Å². The van der Waals surface area contributed by atoms with Gasteiger partial charge in [0.15, 0.2) is 0 Å². The number of nitrogens with one attached hydrogen (secondary N) is 1. The van der Waals surface area contributed by atoms with E-state index in [1.54, 1.807) is 12.1 Å². The number of amides is 1. The number of halogens is 2. The zero-order valence-corrected chi connectivity index (χ0v) is 11.7. The number of nitrogens with zero attached hydrogens (tertiary/aromatic N) is 2. The third-order valence-electron chi connectivity index (χ3n) is 2.46. The molecule has 0 fully saturated rings. The minimum atomic E-state index is -0.274. The lowest BCUT2D eigenvalue weighted by Crippen LogP contribution is -2.23. The molecular weight excluding hydrogens is 285 g/mol. The van der Waals surface area contributed by atoms with Gasteiger partial charge in [-0.3, -0.25) is 4.79 Å². The van der Waals surface area contributed by atoms with Crippen LogP contribution in [0.15, 0.2) is 30.3 Å². The smallest absolute Gasteiger partial charge is 0.253 e. The SMILES string of the molecule is Cc1ccc(CNC(=O)c2ccc(Cl)cc2Cl)nn1. The van der Waals surface area contributed by atoms with Gasteiger partial charge in [-0.05, 0) is 37.3 Å². The first-order chi connectivity index (χ1) is 9.06. The van der Waals surface area contributed by atoms with Crippen molar-refractivity contribution in [2.24, 2.45) is 0 Å². The van der Waals surface area contributed by atoms with Crippen LogP contribution in [0.2, 0.25) is 10.0 Å². The van der Waals surface area contributed by atoms with Crippen molar-refractivity contribution in [3.05, 3.63) is 57.3 Å². The molecule has 1 aromatic heterocycles. The highest BCUT2D eigenvalue weighted by Crippen LogP contribution is 2.20. The highest BCUT2D eigenvalue weighted by molar-refractivity contribution is 6.36. The third kappa shape index (κ3) is 3.66. The fraction of sp³-hybridized carbons (Fsp3) is 0.154. The maximum atomic E-state index is 11.9. The van der Waals surface area contributed by atoms with Crippen molar-refractivity contribution in [3.8, 4) is 0 Å². The average Bonchev–Trinajstić information content (AvgIpc) is 2.37. The first-order valence-electron chi connectivity index (χ1n) is 5.59. The monoisotopic (exact) mass is 295 g/mol. The molecule has 0 aliphatic carbocycles. The molecule has 0 saturated carbocycles. The van der Waals surface area contributed by atoms with Crippen LogP contribution < -0.4 is 5.32 Å². The van der Waals surface area contributed by atoms with Crippen molar-refractivity contribution in [1.82, 2.24) is 15.5 Å². The maximum absolute atomic E-state index is 11.9. The van der Waals surface area contributed by atoms with E-state index in [9.17, 15) is 4.79 Å². The second-order valence-corrected chi connectivity index (χ2v) is 4.82. The number of aromatic nitrogens is 2. The topological polar surface area (TPSA) is 54.9 Å². The molecule has 1 amide bonds. The number of hydrogen-bond donors (Lipinski definition) is 1. The van der Waals surface area contributed by atoms with Crippen molar-refractivity contribution in [1.29, 1.82) is 0 Å². The van der Waals surface area contributed by atoms with Gasteiger partial charge in [-0.25, -0.2) is 0 Å². The summed E-state index contributed by atoms with van der Waals surface area (Å²) in [5.41, 5.74) is 1.89. The van der Waals surface area contributed by atoms with E-state index in [2.05, 4.69) is 15.5 Å². The van der Waals surface area contributed by atoms with Gasteiger partial charge in [0.25, 0.3) is 5.91 Å². The first kappa shape index (κ1) is 13.8. The van der Waals surface area contributed by atoms with Crippen LogP contribution in [0, 0.1) is 6.92 Å². The molecule has 0 saturated heterocycles. The number of carbonyl (C=O) groups excluding carboxylic acids is 1. The summed E-state index contributed by atoms with van der Waals surface area (Å²) in [5.74, 6) is -0.274. The molecule has 0 unspecified atom stereocenters. The number of aryl methyl sites for hydroxylation is 1. The Morgan fingerprint density at radius 2 is 2.00 bits per heavy atom. The van der Waals surface area contributed by atoms with Crippen molar-refractivity contribution in [2.45, 2.75) is 13.5 Å². The van der Waals surface area contributed by atoms with E-state index in [0.29, 0.717) is 27.8 Å². The van der Waals surface area contributed by atoms with Crippen LogP contribution in [0.3, 0.4) is 0 Å². The van der Waals surface area contributed by atoms with Gasteiger partial charge < -0.3 is 5.32 Å². The summed E-state index contributed by atoms with van der Waals surface area (Å²) in [6.07, 6.45) is 0. The normalized spacial score (nSPS) is 10.3. The number of benzene rings is 1. The van der Waals surface area contributed by atoms with Crippen LogP contribution >= 0.6 is 23.2 Å². The molecule has 1 heterocycles. The minimum Gasteiger partial charge on any atom is -0.346 e. The van der Waals surface area contributed by atoms with Gasteiger partial charge in [0.05, 0.1) is 28.5 Å². The molecule has 1 N–H and O–H groups in total. The molecule has 6 heteroatoms. The second-order valence-electron chi connectivity index (χ2n) is 3.97. The first-order valence-corrected chi connectivity index (χ1v) is 6.34. The molecule has 0 bridgehead atoms. The lowest BCUT2D eigenvalue weighted by atomic mass is 10.2. The Balaban J connectivity index is 2.03. The quantitative estimate of drug-likeness (QED) is 0.947. The molecule has 98 valence electrons. The standard InChI is InChI=1S/C13H11Cl2N3O/c1-8-2-4-10(18-17-8)7-16-13(19)11-5-3-9(14)6-12(11)15/h2-6H,7H2,1H3,(H,16,19). The lowest BCUT2D eigenvalue weighted by molar-refractivity contribution is 0.0950. The van der Waals surface area contributed by atoms with Gasteiger partial charge in [-0.1, -0.05) is 23.2 Å². The summed E-state index contributed by atoms with van der Waals surface area (Å²) in [5, 5.41) is 11.4. The molecule has 2 rings (SSSR count). The Morgan fingerprint density at radius 3 is 2.63 bits per heavy atom. The van der Waals surface area contributed by atoms with Crippen LogP contribution in [0.25, 0.3) is 0 Å². The average molecular weight is 296 g/mol. The molecule has 2 aromatic rings. The van der Waals surface area contributed by atoms with E-state index in [1.807, 2.05) is 19.1 Å². The highest BCUT2D eigenvalue weighted by Gasteiger charge is 2.10. The Kier molecular flexibility index (Phi) is 4.35. The lowest BCUT2D eigenvalue weighted by Gasteiger charge is -2.06.